The number of hydrogen-bond donors (Lipinski definition) is 2. The predicted octanol–water partition coefficient (Wildman–Crippen LogP) is 6.25. The highest BCUT2D eigenvalue weighted by Gasteiger charge is 2.08. The number of aromatic nitrogens is 2. The van der Waals surface area contributed by atoms with Gasteiger partial charge in [-0.05, 0) is 42.2 Å². The first kappa shape index (κ1) is 22.2. The third-order valence-electron chi connectivity index (χ3n) is 5.51. The zero-order valence-corrected chi connectivity index (χ0v) is 19.2. The number of nitrogens with one attached hydrogen (secondary N) is 2. The van der Waals surface area contributed by atoms with Crippen LogP contribution in [0, 0.1) is 6.92 Å². The van der Waals surface area contributed by atoms with Gasteiger partial charge in [0, 0.05) is 29.4 Å². The lowest BCUT2D eigenvalue weighted by molar-refractivity contribution is 0.0951. The van der Waals surface area contributed by atoms with Gasteiger partial charge in [0.1, 0.15) is 12.1 Å². The zero-order valence-electron chi connectivity index (χ0n) is 19.2. The average Bonchev–Trinajstić information content (AvgIpc) is 2.83. The first-order valence-corrected chi connectivity index (χ1v) is 11.1. The molecular weight excluding hydrogens is 408 g/mol. The van der Waals surface area contributed by atoms with Crippen LogP contribution in [0.3, 0.4) is 0 Å². The van der Waals surface area contributed by atoms with Gasteiger partial charge < -0.3 is 10.6 Å². The summed E-state index contributed by atoms with van der Waals surface area (Å²) < 4.78 is 0. The van der Waals surface area contributed by atoms with Gasteiger partial charge >= 0.3 is 0 Å². The van der Waals surface area contributed by atoms with Crippen LogP contribution in [-0.4, -0.2) is 15.9 Å². The number of amides is 1. The SMILES string of the molecule is Cc1ccc(-c2cc(Nc3cccc(C(=O)NCc4ccc(C(C)C)cc4)c3)ncn2)cc1. The fourth-order valence-corrected chi connectivity index (χ4v) is 3.50. The average molecular weight is 437 g/mol. The van der Waals surface area contributed by atoms with Crippen LogP contribution in [-0.2, 0) is 6.54 Å². The molecule has 0 fully saturated rings. The molecule has 1 aromatic heterocycles. The van der Waals surface area contributed by atoms with Crippen LogP contribution in [0.4, 0.5) is 11.5 Å². The Balaban J connectivity index is 1.42. The highest BCUT2D eigenvalue weighted by molar-refractivity contribution is 5.95. The van der Waals surface area contributed by atoms with Gasteiger partial charge in [0.2, 0.25) is 0 Å². The van der Waals surface area contributed by atoms with Crippen LogP contribution >= 0.6 is 0 Å². The Bertz CT molecular complexity index is 1230. The number of aryl methyl sites for hydroxylation is 1. The molecular formula is C28H28N4O. The second kappa shape index (κ2) is 10.1. The number of carbonyl (C=O) groups excluding carboxylic acids is 1. The summed E-state index contributed by atoms with van der Waals surface area (Å²) in [7, 11) is 0. The Labute approximate surface area is 194 Å². The monoisotopic (exact) mass is 436 g/mol. The van der Waals surface area contributed by atoms with E-state index in [1.807, 2.05) is 36.4 Å². The van der Waals surface area contributed by atoms with Crippen molar-refractivity contribution in [2.75, 3.05) is 5.32 Å². The van der Waals surface area contributed by atoms with Gasteiger partial charge in [-0.15, -0.1) is 0 Å². The van der Waals surface area contributed by atoms with Crippen molar-refractivity contribution in [2.45, 2.75) is 33.2 Å². The lowest BCUT2D eigenvalue weighted by Gasteiger charge is -2.10. The van der Waals surface area contributed by atoms with E-state index in [1.165, 1.54) is 11.1 Å². The molecule has 1 heterocycles. The lowest BCUT2D eigenvalue weighted by Crippen LogP contribution is -2.22. The molecule has 1 amide bonds. The summed E-state index contributed by atoms with van der Waals surface area (Å²) in [5.74, 6) is 1.05. The molecule has 0 saturated carbocycles. The van der Waals surface area contributed by atoms with E-state index in [2.05, 4.69) is 77.8 Å². The van der Waals surface area contributed by atoms with E-state index in [1.54, 1.807) is 12.4 Å². The topological polar surface area (TPSA) is 66.9 Å². The summed E-state index contributed by atoms with van der Waals surface area (Å²) >= 11 is 0. The summed E-state index contributed by atoms with van der Waals surface area (Å²) in [5.41, 5.74) is 6.81. The zero-order chi connectivity index (χ0) is 23.2. The van der Waals surface area contributed by atoms with Crippen LogP contribution in [0.2, 0.25) is 0 Å². The second-order valence-electron chi connectivity index (χ2n) is 8.44. The van der Waals surface area contributed by atoms with E-state index in [9.17, 15) is 4.79 Å². The number of rotatable bonds is 7. The van der Waals surface area contributed by atoms with Crippen LogP contribution < -0.4 is 10.6 Å². The number of hydrogen-bond acceptors (Lipinski definition) is 4. The Morgan fingerprint density at radius 2 is 1.67 bits per heavy atom. The smallest absolute Gasteiger partial charge is 0.251 e. The predicted molar refractivity (Wildman–Crippen MR) is 134 cm³/mol. The molecule has 166 valence electrons. The molecule has 0 atom stereocenters. The van der Waals surface area contributed by atoms with Crippen molar-refractivity contribution in [3.05, 3.63) is 107 Å². The summed E-state index contributed by atoms with van der Waals surface area (Å²) in [6, 6.07) is 25.9. The number of nitrogens with zero attached hydrogens (tertiary/aromatic N) is 2. The minimum Gasteiger partial charge on any atom is -0.348 e. The molecule has 4 rings (SSSR count). The van der Waals surface area contributed by atoms with Crippen molar-refractivity contribution in [1.82, 2.24) is 15.3 Å². The van der Waals surface area contributed by atoms with Crippen molar-refractivity contribution in [3.63, 3.8) is 0 Å². The standard InChI is InChI=1S/C28H28N4O/c1-19(2)22-13-9-21(10-14-22)17-29-28(33)24-5-4-6-25(15-24)32-27-16-26(30-18-31-27)23-11-7-20(3)8-12-23/h4-16,18-19H,17H2,1-3H3,(H,29,33)(H,30,31,32). The molecule has 0 aliphatic carbocycles. The third kappa shape index (κ3) is 5.83. The summed E-state index contributed by atoms with van der Waals surface area (Å²) in [5, 5.41) is 6.28. The summed E-state index contributed by atoms with van der Waals surface area (Å²) in [6.07, 6.45) is 1.54. The van der Waals surface area contributed by atoms with Crippen molar-refractivity contribution < 1.29 is 4.79 Å². The largest absolute Gasteiger partial charge is 0.348 e. The van der Waals surface area contributed by atoms with Crippen molar-refractivity contribution in [3.8, 4) is 11.3 Å². The molecule has 0 spiro atoms. The van der Waals surface area contributed by atoms with Crippen molar-refractivity contribution in [2.24, 2.45) is 0 Å². The molecule has 0 bridgehead atoms. The van der Waals surface area contributed by atoms with Gasteiger partial charge in [0.15, 0.2) is 0 Å². The summed E-state index contributed by atoms with van der Waals surface area (Å²) in [6.45, 7) is 6.88. The van der Waals surface area contributed by atoms with Crippen LogP contribution in [0.15, 0.2) is 85.2 Å². The Kier molecular flexibility index (Phi) is 6.79. The molecule has 0 radical (unpaired) electrons. The maximum absolute atomic E-state index is 12.7. The van der Waals surface area contributed by atoms with Crippen molar-refractivity contribution in [1.29, 1.82) is 0 Å². The second-order valence-corrected chi connectivity index (χ2v) is 8.44. The van der Waals surface area contributed by atoms with E-state index < -0.39 is 0 Å². The molecule has 0 unspecified atom stereocenters. The molecule has 5 heteroatoms. The maximum Gasteiger partial charge on any atom is 0.251 e. The first-order chi connectivity index (χ1) is 16.0. The highest BCUT2D eigenvalue weighted by atomic mass is 16.1. The molecule has 0 saturated heterocycles. The Morgan fingerprint density at radius 1 is 0.909 bits per heavy atom. The number of anilines is 2. The molecule has 5 nitrogen and oxygen atoms in total. The number of benzene rings is 3. The highest BCUT2D eigenvalue weighted by Crippen LogP contribution is 2.22. The van der Waals surface area contributed by atoms with E-state index >= 15 is 0 Å². The molecule has 4 aromatic rings. The van der Waals surface area contributed by atoms with Gasteiger partial charge in [-0.3, -0.25) is 4.79 Å². The molecule has 33 heavy (non-hydrogen) atoms. The van der Waals surface area contributed by atoms with Gasteiger partial charge in [0.25, 0.3) is 5.91 Å². The normalized spacial score (nSPS) is 10.8. The number of carbonyl (C=O) groups is 1. The fraction of sp³-hybridized carbons (Fsp3) is 0.179. The Morgan fingerprint density at radius 3 is 2.39 bits per heavy atom. The van der Waals surface area contributed by atoms with Crippen LogP contribution in [0.25, 0.3) is 11.3 Å². The van der Waals surface area contributed by atoms with E-state index in [-0.39, 0.29) is 5.91 Å². The Hall–Kier alpha value is -3.99. The summed E-state index contributed by atoms with van der Waals surface area (Å²) in [4.78, 5) is 21.4. The fourth-order valence-electron chi connectivity index (χ4n) is 3.50. The van der Waals surface area contributed by atoms with Crippen LogP contribution in [0.5, 0.6) is 0 Å². The van der Waals surface area contributed by atoms with E-state index in [0.29, 0.717) is 23.8 Å². The van der Waals surface area contributed by atoms with Gasteiger partial charge in [-0.25, -0.2) is 9.97 Å². The minimum atomic E-state index is -0.116. The first-order valence-electron chi connectivity index (χ1n) is 11.1. The molecule has 0 aliphatic rings. The van der Waals surface area contributed by atoms with E-state index in [0.717, 1.165) is 22.5 Å². The van der Waals surface area contributed by atoms with Crippen LogP contribution in [0.1, 0.15) is 46.8 Å². The third-order valence-corrected chi connectivity index (χ3v) is 5.51. The lowest BCUT2D eigenvalue weighted by atomic mass is 10.0. The quantitative estimate of drug-likeness (QED) is 0.359. The molecule has 0 aliphatic heterocycles. The van der Waals surface area contributed by atoms with Gasteiger partial charge in [-0.2, -0.15) is 0 Å². The molecule has 2 N–H and O–H groups in total. The van der Waals surface area contributed by atoms with Crippen molar-refractivity contribution >= 4 is 17.4 Å². The maximum atomic E-state index is 12.7. The van der Waals surface area contributed by atoms with Gasteiger partial charge in [0.05, 0.1) is 5.69 Å². The van der Waals surface area contributed by atoms with E-state index in [4.69, 9.17) is 0 Å². The minimum absolute atomic E-state index is 0.116. The molecule has 3 aromatic carbocycles. The van der Waals surface area contributed by atoms with Gasteiger partial charge in [-0.1, -0.05) is 74.0 Å².